The zero-order valence-corrected chi connectivity index (χ0v) is 15.5. The molecule has 0 saturated heterocycles. The SMILES string of the molecule is Cn1nc(CN(C(=O)C=Cc2ccccc2)C2CCCC2)c2c1CCC2. The average Bonchev–Trinajstić information content (AvgIpc) is 3.39. The lowest BCUT2D eigenvalue weighted by Gasteiger charge is -2.27. The largest absolute Gasteiger partial charge is 0.330 e. The average molecular weight is 349 g/mol. The van der Waals surface area contributed by atoms with Crippen molar-refractivity contribution >= 4 is 12.0 Å². The van der Waals surface area contributed by atoms with Crippen LogP contribution in [0.5, 0.6) is 0 Å². The van der Waals surface area contributed by atoms with Crippen LogP contribution < -0.4 is 0 Å². The third-order valence-corrected chi connectivity index (χ3v) is 5.78. The Bertz CT molecular complexity index is 800. The molecule has 0 aliphatic heterocycles. The quantitative estimate of drug-likeness (QED) is 0.768. The fourth-order valence-electron chi connectivity index (χ4n) is 4.42. The monoisotopic (exact) mass is 349 g/mol. The summed E-state index contributed by atoms with van der Waals surface area (Å²) in [4.78, 5) is 15.1. The lowest BCUT2D eigenvalue weighted by Crippen LogP contribution is -2.37. The molecule has 136 valence electrons. The molecule has 4 heteroatoms. The van der Waals surface area contributed by atoms with Gasteiger partial charge in [0.1, 0.15) is 0 Å². The number of rotatable bonds is 5. The van der Waals surface area contributed by atoms with Gasteiger partial charge in [-0.1, -0.05) is 43.2 Å². The second kappa shape index (κ2) is 7.48. The molecule has 1 aromatic carbocycles. The van der Waals surface area contributed by atoms with E-state index < -0.39 is 0 Å². The third-order valence-electron chi connectivity index (χ3n) is 5.78. The molecule has 2 aliphatic rings. The lowest BCUT2D eigenvalue weighted by molar-refractivity contribution is -0.128. The molecular weight excluding hydrogens is 322 g/mol. The van der Waals surface area contributed by atoms with E-state index in [1.54, 1.807) is 6.08 Å². The number of hydrogen-bond acceptors (Lipinski definition) is 2. The van der Waals surface area contributed by atoms with Crippen LogP contribution in [-0.2, 0) is 31.2 Å². The van der Waals surface area contributed by atoms with Crippen molar-refractivity contribution in [1.82, 2.24) is 14.7 Å². The second-order valence-electron chi connectivity index (χ2n) is 7.50. The maximum Gasteiger partial charge on any atom is 0.247 e. The smallest absolute Gasteiger partial charge is 0.247 e. The Hall–Kier alpha value is -2.36. The van der Waals surface area contributed by atoms with E-state index in [0.717, 1.165) is 36.9 Å². The van der Waals surface area contributed by atoms with Crippen molar-refractivity contribution < 1.29 is 4.79 Å². The van der Waals surface area contributed by atoms with Gasteiger partial charge in [0, 0.05) is 24.9 Å². The number of fused-ring (bicyclic) bond motifs is 1. The molecule has 2 aromatic rings. The summed E-state index contributed by atoms with van der Waals surface area (Å²) < 4.78 is 2.02. The molecule has 0 unspecified atom stereocenters. The van der Waals surface area contributed by atoms with Crippen molar-refractivity contribution in [3.63, 3.8) is 0 Å². The first-order valence-corrected chi connectivity index (χ1v) is 9.80. The van der Waals surface area contributed by atoms with Gasteiger partial charge in [0.2, 0.25) is 5.91 Å². The minimum Gasteiger partial charge on any atom is -0.330 e. The number of benzene rings is 1. The Morgan fingerprint density at radius 1 is 1.19 bits per heavy atom. The normalized spacial score (nSPS) is 17.1. The molecule has 0 N–H and O–H groups in total. The fourth-order valence-corrected chi connectivity index (χ4v) is 4.42. The first-order chi connectivity index (χ1) is 12.7. The topological polar surface area (TPSA) is 38.1 Å². The Balaban J connectivity index is 1.56. The molecule has 0 bridgehead atoms. The van der Waals surface area contributed by atoms with Crippen LogP contribution in [0.25, 0.3) is 6.08 Å². The van der Waals surface area contributed by atoms with E-state index in [1.165, 1.54) is 30.5 Å². The molecule has 4 rings (SSSR count). The number of nitrogens with zero attached hydrogens (tertiary/aromatic N) is 3. The van der Waals surface area contributed by atoms with Gasteiger partial charge in [-0.15, -0.1) is 0 Å². The summed E-state index contributed by atoms with van der Waals surface area (Å²) in [5, 5.41) is 4.74. The Kier molecular flexibility index (Phi) is 4.91. The van der Waals surface area contributed by atoms with Crippen LogP contribution in [0.2, 0.25) is 0 Å². The number of aromatic nitrogens is 2. The molecule has 1 fully saturated rings. The van der Waals surface area contributed by atoms with E-state index >= 15 is 0 Å². The predicted octanol–water partition coefficient (Wildman–Crippen LogP) is 3.89. The van der Waals surface area contributed by atoms with Gasteiger partial charge in [0.15, 0.2) is 0 Å². The molecule has 1 saturated carbocycles. The molecule has 1 aromatic heterocycles. The zero-order chi connectivity index (χ0) is 17.9. The Morgan fingerprint density at radius 3 is 2.73 bits per heavy atom. The predicted molar refractivity (Wildman–Crippen MR) is 104 cm³/mol. The summed E-state index contributed by atoms with van der Waals surface area (Å²) in [6.07, 6.45) is 11.7. The molecule has 1 heterocycles. The van der Waals surface area contributed by atoms with Gasteiger partial charge in [-0.2, -0.15) is 5.10 Å². The summed E-state index contributed by atoms with van der Waals surface area (Å²) in [6.45, 7) is 0.645. The van der Waals surface area contributed by atoms with Crippen molar-refractivity contribution in [2.75, 3.05) is 0 Å². The van der Waals surface area contributed by atoms with E-state index in [0.29, 0.717) is 12.6 Å². The molecule has 0 radical (unpaired) electrons. The first-order valence-electron chi connectivity index (χ1n) is 9.80. The Labute approximate surface area is 155 Å². The number of aryl methyl sites for hydroxylation is 1. The summed E-state index contributed by atoms with van der Waals surface area (Å²) in [5.41, 5.74) is 4.91. The number of amides is 1. The van der Waals surface area contributed by atoms with Gasteiger partial charge in [-0.25, -0.2) is 0 Å². The first kappa shape index (κ1) is 17.1. The van der Waals surface area contributed by atoms with Gasteiger partial charge in [0.25, 0.3) is 0 Å². The maximum atomic E-state index is 13.0. The van der Waals surface area contributed by atoms with Gasteiger partial charge < -0.3 is 4.90 Å². The number of carbonyl (C=O) groups is 1. The van der Waals surface area contributed by atoms with Gasteiger partial charge in [-0.05, 0) is 49.3 Å². The van der Waals surface area contributed by atoms with Crippen LogP contribution in [0.4, 0.5) is 0 Å². The van der Waals surface area contributed by atoms with Gasteiger partial charge in [-0.3, -0.25) is 9.48 Å². The van der Waals surface area contributed by atoms with Crippen LogP contribution in [0.15, 0.2) is 36.4 Å². The van der Waals surface area contributed by atoms with Crippen molar-refractivity contribution in [1.29, 1.82) is 0 Å². The molecule has 2 aliphatic carbocycles. The second-order valence-corrected chi connectivity index (χ2v) is 7.50. The van der Waals surface area contributed by atoms with Gasteiger partial charge >= 0.3 is 0 Å². The van der Waals surface area contributed by atoms with E-state index in [9.17, 15) is 4.79 Å². The van der Waals surface area contributed by atoms with Crippen LogP contribution in [0, 0.1) is 0 Å². The van der Waals surface area contributed by atoms with Crippen LogP contribution >= 0.6 is 0 Å². The molecule has 1 amide bonds. The summed E-state index contributed by atoms with van der Waals surface area (Å²) in [5.74, 6) is 0.109. The zero-order valence-electron chi connectivity index (χ0n) is 15.5. The highest BCUT2D eigenvalue weighted by atomic mass is 16.2. The number of carbonyl (C=O) groups excluding carboxylic acids is 1. The summed E-state index contributed by atoms with van der Waals surface area (Å²) in [6, 6.07) is 10.4. The standard InChI is InChI=1S/C22H27N3O/c1-24-21-13-7-12-19(21)20(23-24)16-25(18-10-5-6-11-18)22(26)15-14-17-8-3-2-4-9-17/h2-4,8-9,14-15,18H,5-7,10-13,16H2,1H3. The van der Waals surface area contributed by atoms with Crippen molar-refractivity contribution in [3.8, 4) is 0 Å². The highest BCUT2D eigenvalue weighted by molar-refractivity contribution is 5.92. The minimum absolute atomic E-state index is 0.109. The van der Waals surface area contributed by atoms with Gasteiger partial charge in [0.05, 0.1) is 12.2 Å². The van der Waals surface area contributed by atoms with Crippen molar-refractivity contribution in [2.24, 2.45) is 7.05 Å². The van der Waals surface area contributed by atoms with E-state index in [1.807, 2.05) is 48.1 Å². The van der Waals surface area contributed by atoms with E-state index in [2.05, 4.69) is 4.90 Å². The lowest BCUT2D eigenvalue weighted by atomic mass is 10.1. The summed E-state index contributed by atoms with van der Waals surface area (Å²) in [7, 11) is 2.03. The molecule has 0 spiro atoms. The van der Waals surface area contributed by atoms with Crippen LogP contribution in [0.1, 0.15) is 54.6 Å². The maximum absolute atomic E-state index is 13.0. The Morgan fingerprint density at radius 2 is 1.96 bits per heavy atom. The van der Waals surface area contributed by atoms with E-state index in [-0.39, 0.29) is 5.91 Å². The molecular formula is C22H27N3O. The molecule has 4 nitrogen and oxygen atoms in total. The third kappa shape index (κ3) is 3.46. The van der Waals surface area contributed by atoms with Crippen molar-refractivity contribution in [2.45, 2.75) is 57.5 Å². The number of hydrogen-bond donors (Lipinski definition) is 0. The minimum atomic E-state index is 0.109. The molecule has 26 heavy (non-hydrogen) atoms. The fraction of sp³-hybridized carbons (Fsp3) is 0.455. The van der Waals surface area contributed by atoms with E-state index in [4.69, 9.17) is 5.10 Å². The van der Waals surface area contributed by atoms with Crippen LogP contribution in [-0.4, -0.2) is 26.6 Å². The van der Waals surface area contributed by atoms with Crippen LogP contribution in [0.3, 0.4) is 0 Å². The van der Waals surface area contributed by atoms with Crippen molar-refractivity contribution in [3.05, 3.63) is 58.9 Å². The highest BCUT2D eigenvalue weighted by Crippen LogP contribution is 2.29. The molecule has 0 atom stereocenters. The summed E-state index contributed by atoms with van der Waals surface area (Å²) >= 11 is 0. The highest BCUT2D eigenvalue weighted by Gasteiger charge is 2.29.